The molecule has 0 saturated heterocycles. The number of halogens is 2. The zero-order valence-electron chi connectivity index (χ0n) is 11.5. The summed E-state index contributed by atoms with van der Waals surface area (Å²) in [7, 11) is 0. The molecule has 2 rings (SSSR count). The fraction of sp³-hybridized carbons (Fsp3) is 0.385. The van der Waals surface area contributed by atoms with E-state index in [-0.39, 0.29) is 17.9 Å². The van der Waals surface area contributed by atoms with Gasteiger partial charge in [0.15, 0.2) is 17.5 Å². The lowest BCUT2D eigenvalue weighted by atomic mass is 9.88. The Labute approximate surface area is 119 Å². The molecule has 1 aromatic carbocycles. The third kappa shape index (κ3) is 2.74. The molecular weight excluding hydrogens is 282 g/mol. The Morgan fingerprint density at radius 3 is 2.76 bits per heavy atom. The molecule has 0 aliphatic carbocycles. The van der Waals surface area contributed by atoms with Crippen LogP contribution in [0.5, 0.6) is 0 Å². The van der Waals surface area contributed by atoms with Gasteiger partial charge in [0.1, 0.15) is 0 Å². The molecule has 1 N–H and O–H groups in total. The van der Waals surface area contributed by atoms with E-state index in [2.05, 4.69) is 15.5 Å². The number of carbonyl (C=O) groups is 1. The summed E-state index contributed by atoms with van der Waals surface area (Å²) in [6, 6.07) is 3.66. The molecule has 0 amide bonds. The normalized spacial score (nSPS) is 13.9. The number of carboxylic acids is 1. The molecular formula is C13H14F2N4O2. The van der Waals surface area contributed by atoms with Crippen LogP contribution in [0, 0.1) is 17.0 Å². The number of carboxylic acid groups (broad SMARTS) is 1. The van der Waals surface area contributed by atoms with Crippen LogP contribution >= 0.6 is 0 Å². The number of rotatable bonds is 5. The molecule has 1 heterocycles. The van der Waals surface area contributed by atoms with Crippen molar-refractivity contribution in [3.63, 3.8) is 0 Å². The van der Waals surface area contributed by atoms with E-state index in [9.17, 15) is 18.7 Å². The fourth-order valence-electron chi connectivity index (χ4n) is 1.84. The van der Waals surface area contributed by atoms with E-state index >= 15 is 0 Å². The molecule has 6 nitrogen and oxygen atoms in total. The predicted octanol–water partition coefficient (Wildman–Crippen LogP) is 2.12. The summed E-state index contributed by atoms with van der Waals surface area (Å²) in [4.78, 5) is 11.3. The van der Waals surface area contributed by atoms with Crippen molar-refractivity contribution in [3.05, 3.63) is 29.8 Å². The van der Waals surface area contributed by atoms with Crippen LogP contribution in [0.25, 0.3) is 11.4 Å². The van der Waals surface area contributed by atoms with E-state index in [0.29, 0.717) is 6.42 Å². The SMILES string of the molecule is CCC(C)(Cn1nnnc1-c1cccc(F)c1F)C(=O)O. The van der Waals surface area contributed by atoms with Crippen LogP contribution in [-0.2, 0) is 11.3 Å². The van der Waals surface area contributed by atoms with Crippen LogP contribution in [0.4, 0.5) is 8.78 Å². The molecule has 0 bridgehead atoms. The molecule has 1 unspecified atom stereocenters. The average molecular weight is 296 g/mol. The molecule has 0 aliphatic rings. The quantitative estimate of drug-likeness (QED) is 0.914. The van der Waals surface area contributed by atoms with Gasteiger partial charge >= 0.3 is 5.97 Å². The van der Waals surface area contributed by atoms with Crippen molar-refractivity contribution in [3.8, 4) is 11.4 Å². The van der Waals surface area contributed by atoms with Crippen molar-refractivity contribution in [2.24, 2.45) is 5.41 Å². The summed E-state index contributed by atoms with van der Waals surface area (Å²) in [5.74, 6) is -3.10. The van der Waals surface area contributed by atoms with Gasteiger partial charge in [-0.05, 0) is 35.9 Å². The molecule has 2 aromatic rings. The topological polar surface area (TPSA) is 80.9 Å². The van der Waals surface area contributed by atoms with Gasteiger partial charge in [0.05, 0.1) is 17.5 Å². The van der Waals surface area contributed by atoms with E-state index in [1.807, 2.05) is 0 Å². The smallest absolute Gasteiger partial charge is 0.311 e. The number of tetrazole rings is 1. The molecule has 0 radical (unpaired) electrons. The van der Waals surface area contributed by atoms with Crippen molar-refractivity contribution in [2.45, 2.75) is 26.8 Å². The Balaban J connectivity index is 2.44. The van der Waals surface area contributed by atoms with Crippen molar-refractivity contribution >= 4 is 5.97 Å². The number of benzene rings is 1. The minimum absolute atomic E-state index is 0.00655. The van der Waals surface area contributed by atoms with Crippen LogP contribution < -0.4 is 0 Å². The van der Waals surface area contributed by atoms with Crippen molar-refractivity contribution < 1.29 is 18.7 Å². The van der Waals surface area contributed by atoms with E-state index < -0.39 is 23.0 Å². The number of hydrogen-bond acceptors (Lipinski definition) is 4. The highest BCUT2D eigenvalue weighted by molar-refractivity contribution is 5.74. The first-order valence-electron chi connectivity index (χ1n) is 6.33. The van der Waals surface area contributed by atoms with Crippen LogP contribution in [-0.4, -0.2) is 31.3 Å². The molecule has 0 spiro atoms. The van der Waals surface area contributed by atoms with Crippen LogP contribution in [0.15, 0.2) is 18.2 Å². The molecule has 8 heteroatoms. The van der Waals surface area contributed by atoms with Gasteiger partial charge < -0.3 is 5.11 Å². The van der Waals surface area contributed by atoms with Crippen molar-refractivity contribution in [2.75, 3.05) is 0 Å². The Kier molecular flexibility index (Phi) is 3.97. The van der Waals surface area contributed by atoms with Crippen LogP contribution in [0.2, 0.25) is 0 Å². The summed E-state index contributed by atoms with van der Waals surface area (Å²) in [6.45, 7) is 3.22. The Morgan fingerprint density at radius 2 is 2.14 bits per heavy atom. The summed E-state index contributed by atoms with van der Waals surface area (Å²) in [5.41, 5.74) is -1.21. The van der Waals surface area contributed by atoms with E-state index in [4.69, 9.17) is 0 Å². The molecule has 0 fully saturated rings. The highest BCUT2D eigenvalue weighted by atomic mass is 19.2. The summed E-state index contributed by atoms with van der Waals surface area (Å²) in [6.07, 6.45) is 0.341. The number of nitrogens with zero attached hydrogens (tertiary/aromatic N) is 4. The van der Waals surface area contributed by atoms with Gasteiger partial charge in [0.25, 0.3) is 0 Å². The highest BCUT2D eigenvalue weighted by Gasteiger charge is 2.33. The standard InChI is InChI=1S/C13H14F2N4O2/c1-3-13(2,12(20)21)7-19-11(16-17-18-19)8-5-4-6-9(14)10(8)15/h4-6H,3,7H2,1-2H3,(H,20,21). The zero-order valence-corrected chi connectivity index (χ0v) is 11.5. The molecule has 1 atom stereocenters. The summed E-state index contributed by atoms with van der Waals surface area (Å²) >= 11 is 0. The minimum Gasteiger partial charge on any atom is -0.481 e. The van der Waals surface area contributed by atoms with Gasteiger partial charge in [-0.15, -0.1) is 5.10 Å². The lowest BCUT2D eigenvalue weighted by molar-refractivity contribution is -0.149. The molecule has 0 saturated carbocycles. The Morgan fingerprint density at radius 1 is 1.43 bits per heavy atom. The van der Waals surface area contributed by atoms with E-state index in [1.165, 1.54) is 16.8 Å². The maximum atomic E-state index is 13.8. The fourth-order valence-corrected chi connectivity index (χ4v) is 1.84. The number of hydrogen-bond donors (Lipinski definition) is 1. The maximum absolute atomic E-state index is 13.8. The Hall–Kier alpha value is -2.38. The molecule has 112 valence electrons. The second kappa shape index (κ2) is 5.55. The largest absolute Gasteiger partial charge is 0.481 e. The third-order valence-electron chi connectivity index (χ3n) is 3.52. The van der Waals surface area contributed by atoms with Gasteiger partial charge in [-0.25, -0.2) is 13.5 Å². The lowest BCUT2D eigenvalue weighted by Crippen LogP contribution is -2.32. The average Bonchev–Trinajstić information content (AvgIpc) is 2.89. The minimum atomic E-state index is -1.10. The van der Waals surface area contributed by atoms with Gasteiger partial charge in [-0.1, -0.05) is 13.0 Å². The first kappa shape index (κ1) is 15.0. The van der Waals surface area contributed by atoms with Crippen molar-refractivity contribution in [1.29, 1.82) is 0 Å². The summed E-state index contributed by atoms with van der Waals surface area (Å²) in [5, 5.41) is 20.1. The summed E-state index contributed by atoms with van der Waals surface area (Å²) < 4.78 is 28.3. The molecule has 1 aromatic heterocycles. The highest BCUT2D eigenvalue weighted by Crippen LogP contribution is 2.27. The van der Waals surface area contributed by atoms with Gasteiger partial charge in [0, 0.05) is 0 Å². The Bertz CT molecular complexity index is 674. The van der Waals surface area contributed by atoms with Crippen LogP contribution in [0.1, 0.15) is 20.3 Å². The first-order valence-corrected chi connectivity index (χ1v) is 6.33. The number of aliphatic carboxylic acids is 1. The second-order valence-corrected chi connectivity index (χ2v) is 4.98. The zero-order chi connectivity index (χ0) is 15.6. The van der Waals surface area contributed by atoms with Gasteiger partial charge in [-0.3, -0.25) is 4.79 Å². The van der Waals surface area contributed by atoms with E-state index in [0.717, 1.165) is 6.07 Å². The first-order chi connectivity index (χ1) is 9.89. The van der Waals surface area contributed by atoms with Crippen molar-refractivity contribution in [1.82, 2.24) is 20.2 Å². The molecule has 0 aliphatic heterocycles. The monoisotopic (exact) mass is 296 g/mol. The van der Waals surface area contributed by atoms with Crippen LogP contribution in [0.3, 0.4) is 0 Å². The number of aromatic nitrogens is 4. The predicted molar refractivity (Wildman–Crippen MR) is 69.2 cm³/mol. The van der Waals surface area contributed by atoms with Gasteiger partial charge in [0.2, 0.25) is 0 Å². The third-order valence-corrected chi connectivity index (χ3v) is 3.52. The maximum Gasteiger partial charge on any atom is 0.311 e. The molecule has 21 heavy (non-hydrogen) atoms. The lowest BCUT2D eigenvalue weighted by Gasteiger charge is -2.22. The second-order valence-electron chi connectivity index (χ2n) is 4.98. The van der Waals surface area contributed by atoms with E-state index in [1.54, 1.807) is 13.8 Å². The van der Waals surface area contributed by atoms with Gasteiger partial charge in [-0.2, -0.15) is 0 Å².